The van der Waals surface area contributed by atoms with Gasteiger partial charge in [-0.2, -0.15) is 0 Å². The first-order valence-corrected chi connectivity index (χ1v) is 12.7. The van der Waals surface area contributed by atoms with E-state index in [0.717, 1.165) is 9.87 Å². The second-order valence-corrected chi connectivity index (χ2v) is 10.4. The third-order valence-electron chi connectivity index (χ3n) is 5.83. The second-order valence-electron chi connectivity index (χ2n) is 8.12. The highest BCUT2D eigenvalue weighted by atomic mass is 35.5. The van der Waals surface area contributed by atoms with Crippen molar-refractivity contribution in [3.63, 3.8) is 0 Å². The fourth-order valence-electron chi connectivity index (χ4n) is 3.89. The Labute approximate surface area is 204 Å². The number of para-hydroxylation sites is 1. The van der Waals surface area contributed by atoms with Crippen LogP contribution in [0.5, 0.6) is 0 Å². The Kier molecular flexibility index (Phi) is 7.09. The number of benzene rings is 3. The number of carbonyl (C=O) groups excluding carboxylic acids is 1. The second kappa shape index (κ2) is 10.0. The number of piperazine rings is 1. The van der Waals surface area contributed by atoms with Gasteiger partial charge in [0.1, 0.15) is 12.4 Å². The molecule has 1 aliphatic heterocycles. The van der Waals surface area contributed by atoms with E-state index in [-0.39, 0.29) is 23.2 Å². The van der Waals surface area contributed by atoms with Crippen LogP contribution in [0.15, 0.2) is 77.7 Å². The Hall–Kier alpha value is -3.10. The van der Waals surface area contributed by atoms with Crippen molar-refractivity contribution in [1.29, 1.82) is 0 Å². The molecule has 0 spiro atoms. The van der Waals surface area contributed by atoms with E-state index in [2.05, 4.69) is 0 Å². The monoisotopic (exact) mass is 501 g/mol. The molecule has 1 saturated heterocycles. The molecule has 0 unspecified atom stereocenters. The van der Waals surface area contributed by atoms with Crippen LogP contribution in [0, 0.1) is 12.7 Å². The van der Waals surface area contributed by atoms with Gasteiger partial charge in [-0.05, 0) is 55.5 Å². The van der Waals surface area contributed by atoms with Gasteiger partial charge in [0, 0.05) is 31.2 Å². The molecule has 1 aliphatic rings. The minimum atomic E-state index is -3.99. The zero-order chi connectivity index (χ0) is 24.3. The van der Waals surface area contributed by atoms with Crippen LogP contribution >= 0.6 is 11.6 Å². The lowest BCUT2D eigenvalue weighted by Gasteiger charge is -2.37. The van der Waals surface area contributed by atoms with E-state index < -0.39 is 10.0 Å². The molecule has 178 valence electrons. The Morgan fingerprint density at radius 3 is 2.18 bits per heavy atom. The molecule has 0 N–H and O–H groups in total. The van der Waals surface area contributed by atoms with Crippen molar-refractivity contribution in [2.24, 2.45) is 0 Å². The molecule has 0 aromatic heterocycles. The van der Waals surface area contributed by atoms with Gasteiger partial charge in [-0.1, -0.05) is 41.4 Å². The number of nitrogens with zero attached hydrogens (tertiary/aromatic N) is 3. The van der Waals surface area contributed by atoms with Crippen molar-refractivity contribution in [3.8, 4) is 0 Å². The van der Waals surface area contributed by atoms with E-state index in [1.54, 1.807) is 59.5 Å². The van der Waals surface area contributed by atoms with Crippen molar-refractivity contribution in [2.45, 2.75) is 11.8 Å². The van der Waals surface area contributed by atoms with Gasteiger partial charge in [-0.15, -0.1) is 0 Å². The molecule has 0 bridgehead atoms. The summed E-state index contributed by atoms with van der Waals surface area (Å²) in [6, 6.07) is 19.4. The number of aryl methyl sites for hydroxylation is 1. The van der Waals surface area contributed by atoms with Gasteiger partial charge in [0.25, 0.3) is 10.0 Å². The number of hydrogen-bond acceptors (Lipinski definition) is 4. The lowest BCUT2D eigenvalue weighted by Crippen LogP contribution is -2.52. The van der Waals surface area contributed by atoms with Gasteiger partial charge >= 0.3 is 0 Å². The molecule has 3 aromatic rings. The zero-order valence-corrected chi connectivity index (χ0v) is 20.3. The van der Waals surface area contributed by atoms with E-state index in [4.69, 9.17) is 11.6 Å². The minimum absolute atomic E-state index is 0.102. The summed E-state index contributed by atoms with van der Waals surface area (Å²) in [5.74, 6) is -0.626. The molecular formula is C25H25ClFN3O3S. The highest BCUT2D eigenvalue weighted by Gasteiger charge is 2.30. The van der Waals surface area contributed by atoms with Crippen LogP contribution in [-0.4, -0.2) is 51.9 Å². The summed E-state index contributed by atoms with van der Waals surface area (Å²) in [6.07, 6.45) is 0. The molecule has 1 amide bonds. The predicted octanol–water partition coefficient (Wildman–Crippen LogP) is 4.33. The Bertz CT molecular complexity index is 1260. The standard InChI is InChI=1S/C25H25ClFN3O3S/c1-19-6-12-22(13-7-19)34(32,33)30(21-10-8-20(26)9-11-21)18-25(31)29-16-14-28(15-17-29)24-5-3-2-4-23(24)27/h2-13H,14-18H2,1H3. The molecule has 4 rings (SSSR count). The average molecular weight is 502 g/mol. The van der Waals surface area contributed by atoms with Crippen LogP contribution in [0.3, 0.4) is 0 Å². The SMILES string of the molecule is Cc1ccc(S(=O)(=O)N(CC(=O)N2CCN(c3ccccc3F)CC2)c2ccc(Cl)cc2)cc1. The number of hydrogen-bond donors (Lipinski definition) is 0. The van der Waals surface area contributed by atoms with Gasteiger partial charge in [0.05, 0.1) is 16.3 Å². The fraction of sp³-hybridized carbons (Fsp3) is 0.240. The summed E-state index contributed by atoms with van der Waals surface area (Å²) < 4.78 is 42.2. The number of anilines is 2. The van der Waals surface area contributed by atoms with Gasteiger partial charge in [0.15, 0.2) is 0 Å². The molecular weight excluding hydrogens is 477 g/mol. The molecule has 0 radical (unpaired) electrons. The molecule has 0 saturated carbocycles. The Morgan fingerprint density at radius 2 is 1.56 bits per heavy atom. The van der Waals surface area contributed by atoms with E-state index in [1.165, 1.54) is 18.2 Å². The molecule has 9 heteroatoms. The maximum atomic E-state index is 14.1. The minimum Gasteiger partial charge on any atom is -0.366 e. The van der Waals surface area contributed by atoms with Crippen molar-refractivity contribution >= 4 is 38.9 Å². The molecule has 6 nitrogen and oxygen atoms in total. The summed E-state index contributed by atoms with van der Waals surface area (Å²) in [7, 11) is -3.99. The number of rotatable bonds is 6. The Balaban J connectivity index is 1.54. The first kappa shape index (κ1) is 24.0. The zero-order valence-electron chi connectivity index (χ0n) is 18.7. The first-order chi connectivity index (χ1) is 16.3. The maximum Gasteiger partial charge on any atom is 0.264 e. The van der Waals surface area contributed by atoms with Crippen molar-refractivity contribution in [1.82, 2.24) is 4.90 Å². The average Bonchev–Trinajstić information content (AvgIpc) is 2.84. The molecule has 1 heterocycles. The highest BCUT2D eigenvalue weighted by molar-refractivity contribution is 7.92. The maximum absolute atomic E-state index is 14.1. The normalized spacial score (nSPS) is 14.2. The van der Waals surface area contributed by atoms with Crippen LogP contribution in [0.1, 0.15) is 5.56 Å². The van der Waals surface area contributed by atoms with Gasteiger partial charge in [-0.3, -0.25) is 9.10 Å². The summed E-state index contributed by atoms with van der Waals surface area (Å²) >= 11 is 5.99. The number of carbonyl (C=O) groups is 1. The summed E-state index contributed by atoms with van der Waals surface area (Å²) in [5.41, 5.74) is 1.78. The fourth-order valence-corrected chi connectivity index (χ4v) is 5.43. The summed E-state index contributed by atoms with van der Waals surface area (Å²) in [5, 5.41) is 0.465. The van der Waals surface area contributed by atoms with Crippen LogP contribution in [0.4, 0.5) is 15.8 Å². The van der Waals surface area contributed by atoms with Crippen molar-refractivity contribution in [2.75, 3.05) is 41.9 Å². The van der Waals surface area contributed by atoms with Gasteiger partial charge in [-0.25, -0.2) is 12.8 Å². The number of amides is 1. The number of halogens is 2. The summed E-state index contributed by atoms with van der Waals surface area (Å²) in [6.45, 7) is 3.17. The molecule has 34 heavy (non-hydrogen) atoms. The smallest absolute Gasteiger partial charge is 0.264 e. The lowest BCUT2D eigenvalue weighted by molar-refractivity contribution is -0.129. The lowest BCUT2D eigenvalue weighted by atomic mass is 10.2. The Morgan fingerprint density at radius 1 is 0.941 bits per heavy atom. The van der Waals surface area contributed by atoms with Gasteiger partial charge in [0.2, 0.25) is 5.91 Å². The predicted molar refractivity (Wildman–Crippen MR) is 132 cm³/mol. The van der Waals surface area contributed by atoms with Crippen LogP contribution in [0.2, 0.25) is 5.02 Å². The van der Waals surface area contributed by atoms with E-state index in [9.17, 15) is 17.6 Å². The number of sulfonamides is 1. The molecule has 0 aliphatic carbocycles. The summed E-state index contributed by atoms with van der Waals surface area (Å²) in [4.78, 5) is 16.8. The third-order valence-corrected chi connectivity index (χ3v) is 7.87. The van der Waals surface area contributed by atoms with Crippen molar-refractivity contribution < 1.29 is 17.6 Å². The largest absolute Gasteiger partial charge is 0.366 e. The highest BCUT2D eigenvalue weighted by Crippen LogP contribution is 2.26. The molecule has 0 atom stereocenters. The molecule has 1 fully saturated rings. The molecule has 3 aromatic carbocycles. The van der Waals surface area contributed by atoms with E-state index in [1.807, 2.05) is 11.8 Å². The van der Waals surface area contributed by atoms with Crippen LogP contribution < -0.4 is 9.21 Å². The van der Waals surface area contributed by atoms with Gasteiger partial charge < -0.3 is 9.80 Å². The van der Waals surface area contributed by atoms with Crippen molar-refractivity contribution in [3.05, 3.63) is 89.2 Å². The quantitative estimate of drug-likeness (QED) is 0.504. The van der Waals surface area contributed by atoms with Crippen LogP contribution in [-0.2, 0) is 14.8 Å². The third kappa shape index (κ3) is 5.18. The van der Waals surface area contributed by atoms with E-state index in [0.29, 0.717) is 42.6 Å². The topological polar surface area (TPSA) is 60.9 Å². The van der Waals surface area contributed by atoms with Crippen LogP contribution in [0.25, 0.3) is 0 Å². The first-order valence-electron chi connectivity index (χ1n) is 10.9. The van der Waals surface area contributed by atoms with E-state index >= 15 is 0 Å².